The van der Waals surface area contributed by atoms with E-state index >= 15 is 0 Å². The number of ether oxygens (including phenoxy) is 1. The molecule has 0 spiro atoms. The normalized spacial score (nSPS) is 11.8. The zero-order valence-electron chi connectivity index (χ0n) is 10.7. The lowest BCUT2D eigenvalue weighted by atomic mass is 10.1. The highest BCUT2D eigenvalue weighted by Gasteiger charge is 2.14. The molecular weight excluding hydrogens is 200 g/mol. The Morgan fingerprint density at radius 2 is 2.12 bits per heavy atom. The number of methoxy groups -OCH3 is 1. The molecule has 0 aliphatic heterocycles. The Hall–Kier alpha value is -0.930. The van der Waals surface area contributed by atoms with Crippen molar-refractivity contribution in [1.82, 2.24) is 10.3 Å². The van der Waals surface area contributed by atoms with Gasteiger partial charge in [0.15, 0.2) is 0 Å². The molecule has 0 unspecified atom stereocenters. The van der Waals surface area contributed by atoms with Gasteiger partial charge in [-0.2, -0.15) is 0 Å². The summed E-state index contributed by atoms with van der Waals surface area (Å²) in [6, 6.07) is 6.09. The Kier molecular flexibility index (Phi) is 4.90. The Balaban J connectivity index is 2.26. The Bertz CT molecular complexity index is 323. The standard InChI is InChI=1S/C13H22N2O/c1-11-6-5-7-12(15-11)10-14-9-8-13(2,3)16-4/h5-7,14H,8-10H2,1-4H3. The molecular formula is C13H22N2O. The molecule has 0 aliphatic rings. The topological polar surface area (TPSA) is 34.1 Å². The maximum absolute atomic E-state index is 5.35. The van der Waals surface area contributed by atoms with Gasteiger partial charge >= 0.3 is 0 Å². The molecule has 0 atom stereocenters. The average Bonchev–Trinajstić information content (AvgIpc) is 2.25. The third-order valence-corrected chi connectivity index (χ3v) is 2.71. The second-order valence-corrected chi connectivity index (χ2v) is 4.66. The van der Waals surface area contributed by atoms with Gasteiger partial charge in [-0.1, -0.05) is 6.07 Å². The van der Waals surface area contributed by atoms with Crippen LogP contribution >= 0.6 is 0 Å². The van der Waals surface area contributed by atoms with Gasteiger partial charge in [-0.25, -0.2) is 0 Å². The summed E-state index contributed by atoms with van der Waals surface area (Å²) >= 11 is 0. The van der Waals surface area contributed by atoms with E-state index in [-0.39, 0.29) is 5.60 Å². The van der Waals surface area contributed by atoms with Crippen LogP contribution < -0.4 is 5.32 Å². The Morgan fingerprint density at radius 3 is 2.75 bits per heavy atom. The van der Waals surface area contributed by atoms with E-state index in [1.165, 1.54) is 0 Å². The van der Waals surface area contributed by atoms with Crippen LogP contribution in [0, 0.1) is 6.92 Å². The molecule has 3 nitrogen and oxygen atoms in total. The van der Waals surface area contributed by atoms with Crippen LogP contribution in [0.15, 0.2) is 18.2 Å². The van der Waals surface area contributed by atoms with Crippen LogP contribution in [-0.4, -0.2) is 24.2 Å². The molecule has 0 saturated heterocycles. The number of nitrogens with zero attached hydrogens (tertiary/aromatic N) is 1. The molecule has 0 aliphatic carbocycles. The molecule has 1 heterocycles. The van der Waals surface area contributed by atoms with E-state index in [1.54, 1.807) is 7.11 Å². The minimum Gasteiger partial charge on any atom is -0.379 e. The van der Waals surface area contributed by atoms with Crippen LogP contribution in [-0.2, 0) is 11.3 Å². The zero-order chi connectivity index (χ0) is 12.0. The first-order chi connectivity index (χ1) is 7.53. The van der Waals surface area contributed by atoms with Gasteiger partial charge in [0.05, 0.1) is 11.3 Å². The summed E-state index contributed by atoms with van der Waals surface area (Å²) in [6.07, 6.45) is 0.995. The first-order valence-corrected chi connectivity index (χ1v) is 5.72. The second kappa shape index (κ2) is 5.97. The molecule has 1 N–H and O–H groups in total. The number of aromatic nitrogens is 1. The summed E-state index contributed by atoms with van der Waals surface area (Å²) in [5, 5.41) is 3.38. The van der Waals surface area contributed by atoms with E-state index in [0.717, 1.165) is 30.9 Å². The van der Waals surface area contributed by atoms with Crippen LogP contribution in [0.25, 0.3) is 0 Å². The molecule has 0 saturated carbocycles. The fourth-order valence-corrected chi connectivity index (χ4v) is 1.41. The van der Waals surface area contributed by atoms with Gasteiger partial charge in [0.1, 0.15) is 0 Å². The molecule has 90 valence electrons. The average molecular weight is 222 g/mol. The Morgan fingerprint density at radius 1 is 1.38 bits per heavy atom. The molecule has 1 aromatic heterocycles. The Labute approximate surface area is 98.2 Å². The molecule has 1 aromatic rings. The van der Waals surface area contributed by atoms with Gasteiger partial charge < -0.3 is 10.1 Å². The van der Waals surface area contributed by atoms with Crippen molar-refractivity contribution in [2.24, 2.45) is 0 Å². The van der Waals surface area contributed by atoms with E-state index in [4.69, 9.17) is 4.74 Å². The SMILES string of the molecule is COC(C)(C)CCNCc1cccc(C)n1. The second-order valence-electron chi connectivity index (χ2n) is 4.66. The summed E-state index contributed by atoms with van der Waals surface area (Å²) in [6.45, 7) is 7.97. The first kappa shape index (κ1) is 13.1. The number of nitrogens with one attached hydrogen (secondary N) is 1. The van der Waals surface area contributed by atoms with Gasteiger partial charge in [-0.3, -0.25) is 4.98 Å². The molecule has 3 heteroatoms. The van der Waals surface area contributed by atoms with Crippen LogP contribution in [0.1, 0.15) is 31.7 Å². The van der Waals surface area contributed by atoms with Crippen LogP contribution in [0.3, 0.4) is 0 Å². The van der Waals surface area contributed by atoms with Gasteiger partial charge in [-0.05, 0) is 45.9 Å². The number of aryl methyl sites for hydroxylation is 1. The van der Waals surface area contributed by atoms with Gasteiger partial charge in [-0.15, -0.1) is 0 Å². The van der Waals surface area contributed by atoms with Gasteiger partial charge in [0, 0.05) is 19.3 Å². The maximum Gasteiger partial charge on any atom is 0.0634 e. The lowest BCUT2D eigenvalue weighted by Gasteiger charge is -2.22. The summed E-state index contributed by atoms with van der Waals surface area (Å²) < 4.78 is 5.35. The number of rotatable bonds is 6. The maximum atomic E-state index is 5.35. The highest BCUT2D eigenvalue weighted by Crippen LogP contribution is 2.11. The lowest BCUT2D eigenvalue weighted by Crippen LogP contribution is -2.28. The van der Waals surface area contributed by atoms with Crippen molar-refractivity contribution in [3.63, 3.8) is 0 Å². The number of hydrogen-bond donors (Lipinski definition) is 1. The summed E-state index contributed by atoms with van der Waals surface area (Å²) in [4.78, 5) is 4.43. The quantitative estimate of drug-likeness (QED) is 0.750. The lowest BCUT2D eigenvalue weighted by molar-refractivity contribution is 0.0158. The van der Waals surface area contributed by atoms with Crippen molar-refractivity contribution >= 4 is 0 Å². The van der Waals surface area contributed by atoms with Crippen LogP contribution in [0.5, 0.6) is 0 Å². The van der Waals surface area contributed by atoms with Crippen molar-refractivity contribution in [2.45, 2.75) is 39.3 Å². The first-order valence-electron chi connectivity index (χ1n) is 5.72. The molecule has 0 radical (unpaired) electrons. The zero-order valence-corrected chi connectivity index (χ0v) is 10.7. The van der Waals surface area contributed by atoms with E-state index in [1.807, 2.05) is 25.1 Å². The van der Waals surface area contributed by atoms with E-state index < -0.39 is 0 Å². The highest BCUT2D eigenvalue weighted by atomic mass is 16.5. The van der Waals surface area contributed by atoms with Crippen molar-refractivity contribution < 1.29 is 4.74 Å². The van der Waals surface area contributed by atoms with E-state index in [2.05, 4.69) is 24.1 Å². The molecule has 0 fully saturated rings. The molecule has 0 aromatic carbocycles. The van der Waals surface area contributed by atoms with Crippen LogP contribution in [0.2, 0.25) is 0 Å². The molecule has 0 amide bonds. The third kappa shape index (κ3) is 4.73. The summed E-state index contributed by atoms with van der Waals surface area (Å²) in [5.41, 5.74) is 2.11. The predicted octanol–water partition coefficient (Wildman–Crippen LogP) is 2.29. The van der Waals surface area contributed by atoms with E-state index in [0.29, 0.717) is 0 Å². The van der Waals surface area contributed by atoms with Gasteiger partial charge in [0.2, 0.25) is 0 Å². The largest absolute Gasteiger partial charge is 0.379 e. The van der Waals surface area contributed by atoms with E-state index in [9.17, 15) is 0 Å². The fourth-order valence-electron chi connectivity index (χ4n) is 1.41. The van der Waals surface area contributed by atoms with Crippen LogP contribution in [0.4, 0.5) is 0 Å². The van der Waals surface area contributed by atoms with Crippen molar-refractivity contribution in [2.75, 3.05) is 13.7 Å². The molecule has 16 heavy (non-hydrogen) atoms. The van der Waals surface area contributed by atoms with Crippen molar-refractivity contribution in [3.05, 3.63) is 29.6 Å². The fraction of sp³-hybridized carbons (Fsp3) is 0.615. The number of hydrogen-bond acceptors (Lipinski definition) is 3. The summed E-state index contributed by atoms with van der Waals surface area (Å²) in [7, 11) is 1.75. The van der Waals surface area contributed by atoms with Crippen molar-refractivity contribution in [3.8, 4) is 0 Å². The third-order valence-electron chi connectivity index (χ3n) is 2.71. The smallest absolute Gasteiger partial charge is 0.0634 e. The monoisotopic (exact) mass is 222 g/mol. The van der Waals surface area contributed by atoms with Crippen molar-refractivity contribution in [1.29, 1.82) is 0 Å². The number of pyridine rings is 1. The van der Waals surface area contributed by atoms with Gasteiger partial charge in [0.25, 0.3) is 0 Å². The summed E-state index contributed by atoms with van der Waals surface area (Å²) in [5.74, 6) is 0. The molecule has 1 rings (SSSR count). The predicted molar refractivity (Wildman–Crippen MR) is 66.4 cm³/mol. The minimum atomic E-state index is -0.0486. The minimum absolute atomic E-state index is 0.0486. The molecule has 0 bridgehead atoms. The highest BCUT2D eigenvalue weighted by molar-refractivity contribution is 5.09.